The van der Waals surface area contributed by atoms with E-state index in [1.54, 1.807) is 18.3 Å². The second-order valence-corrected chi connectivity index (χ2v) is 6.26. The Bertz CT molecular complexity index is 594. The van der Waals surface area contributed by atoms with Gasteiger partial charge in [-0.15, -0.1) is 0 Å². The van der Waals surface area contributed by atoms with Crippen LogP contribution in [0.15, 0.2) is 21.3 Å². The molecule has 6 heteroatoms. The Morgan fingerprint density at radius 2 is 2.48 bits per heavy atom. The van der Waals surface area contributed by atoms with Crippen molar-refractivity contribution in [1.29, 1.82) is 0 Å². The molecule has 0 radical (unpaired) electrons. The Kier molecular flexibility index (Phi) is 4.34. The van der Waals surface area contributed by atoms with Crippen LogP contribution in [-0.4, -0.2) is 34.0 Å². The molecule has 0 saturated carbocycles. The SMILES string of the molecule is Cc1nc([C@H]2CCCN(C(=O)CCc3ccsc3)C2)no1. The van der Waals surface area contributed by atoms with Crippen molar-refractivity contribution in [3.63, 3.8) is 0 Å². The highest BCUT2D eigenvalue weighted by Gasteiger charge is 2.27. The molecule has 1 amide bonds. The van der Waals surface area contributed by atoms with Crippen molar-refractivity contribution < 1.29 is 9.32 Å². The minimum atomic E-state index is 0.210. The minimum absolute atomic E-state index is 0.210. The van der Waals surface area contributed by atoms with Crippen molar-refractivity contribution in [3.8, 4) is 0 Å². The molecule has 3 heterocycles. The standard InChI is InChI=1S/C15H19N3O2S/c1-11-16-15(17-20-11)13-3-2-7-18(9-13)14(19)5-4-12-6-8-21-10-12/h6,8,10,13H,2-5,7,9H2,1H3/t13-/m0/s1. The van der Waals surface area contributed by atoms with Crippen LogP contribution in [0.4, 0.5) is 0 Å². The fourth-order valence-electron chi connectivity index (χ4n) is 2.74. The second kappa shape index (κ2) is 6.39. The molecule has 3 rings (SSSR count). The van der Waals surface area contributed by atoms with Gasteiger partial charge in [0, 0.05) is 32.4 Å². The zero-order chi connectivity index (χ0) is 14.7. The summed E-state index contributed by atoms with van der Waals surface area (Å²) in [4.78, 5) is 18.6. The molecule has 1 aliphatic heterocycles. The van der Waals surface area contributed by atoms with E-state index in [4.69, 9.17) is 4.52 Å². The van der Waals surface area contributed by atoms with E-state index < -0.39 is 0 Å². The van der Waals surface area contributed by atoms with Gasteiger partial charge in [-0.25, -0.2) is 0 Å². The molecule has 0 bridgehead atoms. The third-order valence-corrected chi connectivity index (χ3v) is 4.62. The van der Waals surface area contributed by atoms with E-state index in [-0.39, 0.29) is 11.8 Å². The van der Waals surface area contributed by atoms with E-state index >= 15 is 0 Å². The molecule has 0 unspecified atom stereocenters. The fraction of sp³-hybridized carbons (Fsp3) is 0.533. The molecular formula is C15H19N3O2S. The van der Waals surface area contributed by atoms with Crippen molar-refractivity contribution in [2.45, 2.75) is 38.5 Å². The minimum Gasteiger partial charge on any atom is -0.342 e. The van der Waals surface area contributed by atoms with Crippen LogP contribution in [-0.2, 0) is 11.2 Å². The maximum absolute atomic E-state index is 12.3. The highest BCUT2D eigenvalue weighted by molar-refractivity contribution is 7.07. The van der Waals surface area contributed by atoms with Crippen LogP contribution >= 0.6 is 11.3 Å². The molecule has 5 nitrogen and oxygen atoms in total. The normalized spacial score (nSPS) is 18.9. The van der Waals surface area contributed by atoms with E-state index in [1.165, 1.54) is 5.56 Å². The van der Waals surface area contributed by atoms with E-state index in [1.807, 2.05) is 4.90 Å². The van der Waals surface area contributed by atoms with Crippen molar-refractivity contribution >= 4 is 17.2 Å². The summed E-state index contributed by atoms with van der Waals surface area (Å²) in [7, 11) is 0. The number of rotatable bonds is 4. The molecule has 0 aliphatic carbocycles. The molecular weight excluding hydrogens is 286 g/mol. The molecule has 112 valence electrons. The van der Waals surface area contributed by atoms with Crippen LogP contribution in [0.2, 0.25) is 0 Å². The summed E-state index contributed by atoms with van der Waals surface area (Å²) in [6.45, 7) is 3.35. The predicted molar refractivity (Wildman–Crippen MR) is 80.2 cm³/mol. The second-order valence-electron chi connectivity index (χ2n) is 5.48. The highest BCUT2D eigenvalue weighted by Crippen LogP contribution is 2.25. The topological polar surface area (TPSA) is 59.2 Å². The molecule has 0 N–H and O–H groups in total. The largest absolute Gasteiger partial charge is 0.342 e. The van der Waals surface area contributed by atoms with E-state index in [0.717, 1.165) is 31.6 Å². The van der Waals surface area contributed by atoms with Crippen LogP contribution in [0.5, 0.6) is 0 Å². The summed E-state index contributed by atoms with van der Waals surface area (Å²) in [6.07, 6.45) is 3.43. The summed E-state index contributed by atoms with van der Waals surface area (Å²) >= 11 is 1.67. The summed E-state index contributed by atoms with van der Waals surface area (Å²) in [5, 5.41) is 8.15. The van der Waals surface area contributed by atoms with Crippen LogP contribution in [0.1, 0.15) is 42.5 Å². The number of likely N-dealkylation sites (tertiary alicyclic amines) is 1. The first-order valence-electron chi connectivity index (χ1n) is 7.31. The lowest BCUT2D eigenvalue weighted by molar-refractivity contribution is -0.132. The number of aromatic nitrogens is 2. The fourth-order valence-corrected chi connectivity index (χ4v) is 3.44. The Morgan fingerprint density at radius 3 is 3.19 bits per heavy atom. The number of carbonyl (C=O) groups excluding carboxylic acids is 1. The Balaban J connectivity index is 1.56. The Morgan fingerprint density at radius 1 is 1.57 bits per heavy atom. The molecule has 0 spiro atoms. The van der Waals surface area contributed by atoms with Crippen LogP contribution in [0.3, 0.4) is 0 Å². The third kappa shape index (κ3) is 3.50. The lowest BCUT2D eigenvalue weighted by atomic mass is 9.97. The van der Waals surface area contributed by atoms with Gasteiger partial charge in [0.15, 0.2) is 5.82 Å². The number of nitrogens with zero attached hydrogens (tertiary/aromatic N) is 3. The van der Waals surface area contributed by atoms with Crippen LogP contribution in [0, 0.1) is 6.92 Å². The third-order valence-electron chi connectivity index (χ3n) is 3.89. The number of piperidine rings is 1. The summed E-state index contributed by atoms with van der Waals surface area (Å²) in [5.74, 6) is 1.76. The van der Waals surface area contributed by atoms with Gasteiger partial charge in [0.25, 0.3) is 0 Å². The average Bonchev–Trinajstić information content (AvgIpc) is 3.16. The molecule has 0 aromatic carbocycles. The molecule has 1 fully saturated rings. The molecule has 1 atom stereocenters. The van der Waals surface area contributed by atoms with Gasteiger partial charge in [0.2, 0.25) is 11.8 Å². The van der Waals surface area contributed by atoms with Gasteiger partial charge in [-0.3, -0.25) is 4.79 Å². The molecule has 2 aromatic rings. The van der Waals surface area contributed by atoms with Crippen molar-refractivity contribution in [3.05, 3.63) is 34.1 Å². The maximum Gasteiger partial charge on any atom is 0.223 e. The summed E-state index contributed by atoms with van der Waals surface area (Å²) in [6, 6.07) is 2.08. The van der Waals surface area contributed by atoms with Gasteiger partial charge < -0.3 is 9.42 Å². The van der Waals surface area contributed by atoms with E-state index in [9.17, 15) is 4.79 Å². The smallest absolute Gasteiger partial charge is 0.223 e. The van der Waals surface area contributed by atoms with Gasteiger partial charge in [-0.1, -0.05) is 5.16 Å². The van der Waals surface area contributed by atoms with Gasteiger partial charge >= 0.3 is 0 Å². The Hall–Kier alpha value is -1.69. The first-order valence-corrected chi connectivity index (χ1v) is 8.25. The van der Waals surface area contributed by atoms with Crippen LogP contribution < -0.4 is 0 Å². The number of hydrogen-bond acceptors (Lipinski definition) is 5. The quantitative estimate of drug-likeness (QED) is 0.871. The molecule has 1 saturated heterocycles. The van der Waals surface area contributed by atoms with E-state index in [0.29, 0.717) is 18.9 Å². The Labute approximate surface area is 128 Å². The first-order chi connectivity index (χ1) is 10.2. The summed E-state index contributed by atoms with van der Waals surface area (Å²) < 4.78 is 5.05. The predicted octanol–water partition coefficient (Wildman–Crippen LogP) is 2.78. The summed E-state index contributed by atoms with van der Waals surface area (Å²) in [5.41, 5.74) is 1.25. The zero-order valence-electron chi connectivity index (χ0n) is 12.1. The number of amides is 1. The molecule has 21 heavy (non-hydrogen) atoms. The van der Waals surface area contributed by atoms with Gasteiger partial charge in [0.1, 0.15) is 0 Å². The number of thiophene rings is 1. The zero-order valence-corrected chi connectivity index (χ0v) is 12.9. The number of aryl methyl sites for hydroxylation is 2. The number of carbonyl (C=O) groups is 1. The monoisotopic (exact) mass is 305 g/mol. The van der Waals surface area contributed by atoms with Crippen molar-refractivity contribution in [1.82, 2.24) is 15.0 Å². The molecule has 2 aromatic heterocycles. The van der Waals surface area contributed by atoms with E-state index in [2.05, 4.69) is 27.0 Å². The lowest BCUT2D eigenvalue weighted by Crippen LogP contribution is -2.39. The molecule has 1 aliphatic rings. The highest BCUT2D eigenvalue weighted by atomic mass is 32.1. The average molecular weight is 305 g/mol. The van der Waals surface area contributed by atoms with Crippen molar-refractivity contribution in [2.24, 2.45) is 0 Å². The van der Waals surface area contributed by atoms with Crippen LogP contribution in [0.25, 0.3) is 0 Å². The van der Waals surface area contributed by atoms with Crippen molar-refractivity contribution in [2.75, 3.05) is 13.1 Å². The maximum atomic E-state index is 12.3. The lowest BCUT2D eigenvalue weighted by Gasteiger charge is -2.31. The van der Waals surface area contributed by atoms with Gasteiger partial charge in [-0.05, 0) is 41.7 Å². The van der Waals surface area contributed by atoms with Gasteiger partial charge in [0.05, 0.1) is 0 Å². The number of hydrogen-bond donors (Lipinski definition) is 0. The van der Waals surface area contributed by atoms with Gasteiger partial charge in [-0.2, -0.15) is 16.3 Å². The first kappa shape index (κ1) is 14.3.